The van der Waals surface area contributed by atoms with Gasteiger partial charge in [-0.25, -0.2) is 9.97 Å². The number of thioether (sulfide) groups is 1. The van der Waals surface area contributed by atoms with E-state index in [-0.39, 0.29) is 5.17 Å². The second-order valence-corrected chi connectivity index (χ2v) is 7.45. The standard InChI is InChI=1S/C21H25N5OS/c1-3-20-25-9-7-18(26-20)15-11-14-5-6-16(27-2)13-17(14)19(12-15)24-8-4-10-28-21(22)23/h5-7,9,11-13,24H,3-4,8,10H2,1-2H3,(H3,22,23). The number of amidine groups is 1. The third-order valence-corrected chi connectivity index (χ3v) is 5.18. The van der Waals surface area contributed by atoms with E-state index in [4.69, 9.17) is 15.9 Å². The highest BCUT2D eigenvalue weighted by molar-refractivity contribution is 8.13. The maximum Gasteiger partial charge on any atom is 0.151 e. The summed E-state index contributed by atoms with van der Waals surface area (Å²) < 4.78 is 5.40. The molecule has 2 aromatic carbocycles. The molecule has 0 fully saturated rings. The van der Waals surface area contributed by atoms with Crippen molar-refractivity contribution in [1.82, 2.24) is 9.97 Å². The van der Waals surface area contributed by atoms with Gasteiger partial charge in [-0.05, 0) is 42.1 Å². The van der Waals surface area contributed by atoms with Crippen LogP contribution in [-0.4, -0.2) is 34.5 Å². The Balaban J connectivity index is 1.93. The highest BCUT2D eigenvalue weighted by atomic mass is 32.2. The summed E-state index contributed by atoms with van der Waals surface area (Å²) in [7, 11) is 1.68. The monoisotopic (exact) mass is 395 g/mol. The van der Waals surface area contributed by atoms with Crippen LogP contribution < -0.4 is 15.8 Å². The molecule has 1 aromatic heterocycles. The van der Waals surface area contributed by atoms with Crippen molar-refractivity contribution in [3.8, 4) is 17.0 Å². The largest absolute Gasteiger partial charge is 0.497 e. The number of nitrogens with one attached hydrogen (secondary N) is 2. The molecule has 0 amide bonds. The number of rotatable bonds is 8. The maximum atomic E-state index is 7.30. The maximum absolute atomic E-state index is 7.30. The molecule has 0 unspecified atom stereocenters. The zero-order valence-electron chi connectivity index (χ0n) is 16.2. The molecule has 28 heavy (non-hydrogen) atoms. The van der Waals surface area contributed by atoms with Crippen molar-refractivity contribution >= 4 is 33.4 Å². The first kappa shape index (κ1) is 19.9. The van der Waals surface area contributed by atoms with Gasteiger partial charge in [0.15, 0.2) is 5.17 Å². The van der Waals surface area contributed by atoms with Gasteiger partial charge in [-0.15, -0.1) is 0 Å². The SMILES string of the molecule is CCc1nccc(-c2cc(NCCCSC(=N)N)c3cc(OC)ccc3c2)n1. The van der Waals surface area contributed by atoms with Gasteiger partial charge < -0.3 is 15.8 Å². The minimum atomic E-state index is 0.160. The number of nitrogens with zero attached hydrogens (tertiary/aromatic N) is 2. The molecule has 7 heteroatoms. The van der Waals surface area contributed by atoms with Gasteiger partial charge in [0.1, 0.15) is 11.6 Å². The highest BCUT2D eigenvalue weighted by Gasteiger charge is 2.09. The number of aryl methyl sites for hydroxylation is 1. The van der Waals surface area contributed by atoms with E-state index in [1.807, 2.05) is 24.4 Å². The minimum Gasteiger partial charge on any atom is -0.497 e. The molecule has 1 heterocycles. The third kappa shape index (κ3) is 4.92. The molecule has 0 aliphatic rings. The fraction of sp³-hybridized carbons (Fsp3) is 0.286. The molecule has 3 rings (SSSR count). The molecule has 0 atom stereocenters. The molecular formula is C21H25N5OS. The van der Waals surface area contributed by atoms with Crippen LogP contribution in [0.4, 0.5) is 5.69 Å². The van der Waals surface area contributed by atoms with Gasteiger partial charge in [-0.3, -0.25) is 5.41 Å². The summed E-state index contributed by atoms with van der Waals surface area (Å²) in [4.78, 5) is 8.97. The van der Waals surface area contributed by atoms with Crippen molar-refractivity contribution in [2.24, 2.45) is 5.73 Å². The van der Waals surface area contributed by atoms with E-state index in [1.165, 1.54) is 11.8 Å². The quantitative estimate of drug-likeness (QED) is 0.299. The van der Waals surface area contributed by atoms with E-state index in [1.54, 1.807) is 7.11 Å². The zero-order chi connectivity index (χ0) is 19.9. The van der Waals surface area contributed by atoms with Crippen molar-refractivity contribution in [1.29, 1.82) is 5.41 Å². The third-order valence-electron chi connectivity index (χ3n) is 4.37. The Kier molecular flexibility index (Phi) is 6.71. The predicted octanol–water partition coefficient (Wildman–Crippen LogP) is 4.30. The van der Waals surface area contributed by atoms with Crippen molar-refractivity contribution in [2.75, 3.05) is 24.7 Å². The lowest BCUT2D eigenvalue weighted by molar-refractivity contribution is 0.415. The average molecular weight is 396 g/mol. The van der Waals surface area contributed by atoms with E-state index in [0.29, 0.717) is 0 Å². The smallest absolute Gasteiger partial charge is 0.151 e. The Hall–Kier alpha value is -2.80. The van der Waals surface area contributed by atoms with Gasteiger partial charge in [0.25, 0.3) is 0 Å². The molecular weight excluding hydrogens is 370 g/mol. The van der Waals surface area contributed by atoms with Crippen molar-refractivity contribution in [2.45, 2.75) is 19.8 Å². The fourth-order valence-electron chi connectivity index (χ4n) is 2.97. The Bertz CT molecular complexity index is 976. The molecule has 0 aliphatic heterocycles. The average Bonchev–Trinajstić information content (AvgIpc) is 2.72. The van der Waals surface area contributed by atoms with Crippen molar-refractivity contribution in [3.63, 3.8) is 0 Å². The number of aromatic nitrogens is 2. The Labute approximate surface area is 169 Å². The fourth-order valence-corrected chi connectivity index (χ4v) is 3.47. The summed E-state index contributed by atoms with van der Waals surface area (Å²) >= 11 is 1.36. The summed E-state index contributed by atoms with van der Waals surface area (Å²) in [5.74, 6) is 2.48. The normalized spacial score (nSPS) is 10.8. The summed E-state index contributed by atoms with van der Waals surface area (Å²) in [6.07, 6.45) is 3.52. The first-order valence-corrected chi connectivity index (χ1v) is 10.2. The molecule has 0 spiro atoms. The van der Waals surface area contributed by atoms with Crippen LogP contribution in [0.25, 0.3) is 22.0 Å². The number of methoxy groups -OCH3 is 1. The lowest BCUT2D eigenvalue weighted by atomic mass is 10.0. The van der Waals surface area contributed by atoms with E-state index in [2.05, 4.69) is 40.4 Å². The van der Waals surface area contributed by atoms with Crippen LogP contribution in [0.1, 0.15) is 19.2 Å². The molecule has 146 valence electrons. The van der Waals surface area contributed by atoms with Crippen LogP contribution in [0, 0.1) is 5.41 Å². The number of ether oxygens (including phenoxy) is 1. The first-order chi connectivity index (χ1) is 13.6. The summed E-state index contributed by atoms with van der Waals surface area (Å²) in [5, 5.41) is 13.2. The summed E-state index contributed by atoms with van der Waals surface area (Å²) in [6.45, 7) is 2.85. The van der Waals surface area contributed by atoms with E-state index >= 15 is 0 Å². The second-order valence-electron chi connectivity index (χ2n) is 6.32. The minimum absolute atomic E-state index is 0.160. The van der Waals surface area contributed by atoms with Crippen LogP contribution in [0.2, 0.25) is 0 Å². The Morgan fingerprint density at radius 3 is 2.86 bits per heavy atom. The van der Waals surface area contributed by atoms with Gasteiger partial charge in [-0.2, -0.15) is 0 Å². The van der Waals surface area contributed by atoms with E-state index in [9.17, 15) is 0 Å². The number of hydrogen-bond acceptors (Lipinski definition) is 6. The van der Waals surface area contributed by atoms with Gasteiger partial charge >= 0.3 is 0 Å². The van der Waals surface area contributed by atoms with Gasteiger partial charge in [0, 0.05) is 41.6 Å². The molecule has 3 aromatic rings. The lowest BCUT2D eigenvalue weighted by Gasteiger charge is -2.14. The van der Waals surface area contributed by atoms with Gasteiger partial charge in [0.2, 0.25) is 0 Å². The van der Waals surface area contributed by atoms with Crippen LogP contribution in [0.15, 0.2) is 42.6 Å². The first-order valence-electron chi connectivity index (χ1n) is 9.25. The number of hydrogen-bond donors (Lipinski definition) is 3. The Morgan fingerprint density at radius 1 is 1.25 bits per heavy atom. The number of benzene rings is 2. The number of nitrogens with two attached hydrogens (primary N) is 1. The van der Waals surface area contributed by atoms with Crippen LogP contribution >= 0.6 is 11.8 Å². The van der Waals surface area contributed by atoms with Crippen molar-refractivity contribution in [3.05, 3.63) is 48.4 Å². The Morgan fingerprint density at radius 2 is 2.11 bits per heavy atom. The molecule has 6 nitrogen and oxygen atoms in total. The summed E-state index contributed by atoms with van der Waals surface area (Å²) in [5.41, 5.74) is 8.41. The second kappa shape index (κ2) is 9.41. The number of fused-ring (bicyclic) bond motifs is 1. The van der Waals surface area contributed by atoms with Gasteiger partial charge in [-0.1, -0.05) is 24.8 Å². The predicted molar refractivity (Wildman–Crippen MR) is 118 cm³/mol. The van der Waals surface area contributed by atoms with Crippen LogP contribution in [-0.2, 0) is 6.42 Å². The summed E-state index contributed by atoms with van der Waals surface area (Å²) in [6, 6.07) is 12.3. The molecule has 4 N–H and O–H groups in total. The zero-order valence-corrected chi connectivity index (χ0v) is 17.0. The number of anilines is 1. The molecule has 0 aliphatic carbocycles. The van der Waals surface area contributed by atoms with E-state index in [0.717, 1.165) is 64.4 Å². The molecule has 0 saturated carbocycles. The molecule has 0 saturated heterocycles. The van der Waals surface area contributed by atoms with Crippen LogP contribution in [0.3, 0.4) is 0 Å². The van der Waals surface area contributed by atoms with Crippen molar-refractivity contribution < 1.29 is 4.74 Å². The highest BCUT2D eigenvalue weighted by Crippen LogP contribution is 2.32. The van der Waals surface area contributed by atoms with Crippen LogP contribution in [0.5, 0.6) is 5.75 Å². The topological polar surface area (TPSA) is 96.9 Å². The van der Waals surface area contributed by atoms with Gasteiger partial charge in [0.05, 0.1) is 12.8 Å². The lowest BCUT2D eigenvalue weighted by Crippen LogP contribution is -2.08. The molecule has 0 radical (unpaired) electrons. The van der Waals surface area contributed by atoms with E-state index < -0.39 is 0 Å². The molecule has 0 bridgehead atoms.